The van der Waals surface area contributed by atoms with Crippen LogP contribution in [0.5, 0.6) is 0 Å². The minimum atomic E-state index is -1.11. The molecule has 1 atom stereocenters. The smallest absolute Gasteiger partial charge is 0.0811 e. The van der Waals surface area contributed by atoms with E-state index in [0.29, 0.717) is 0 Å². The van der Waals surface area contributed by atoms with Gasteiger partial charge in [-0.2, -0.15) is 0 Å². The Hall–Kier alpha value is -1.08. The molecule has 132 valence electrons. The minimum Gasteiger partial charge on any atom is -0.0811 e. The van der Waals surface area contributed by atoms with Crippen molar-refractivity contribution < 1.29 is 0 Å². The first-order chi connectivity index (χ1) is 11.4. The van der Waals surface area contributed by atoms with Gasteiger partial charge in [-0.05, 0) is 75.3 Å². The zero-order chi connectivity index (χ0) is 17.9. The van der Waals surface area contributed by atoms with Gasteiger partial charge in [0.1, 0.15) is 8.80 Å². The molecule has 0 nitrogen and oxygen atoms in total. The Kier molecular flexibility index (Phi) is 6.68. The predicted octanol–water partition coefficient (Wildman–Crippen LogP) is 6.06. The van der Waals surface area contributed by atoms with Gasteiger partial charge in [0.05, 0.1) is 0 Å². The second kappa shape index (κ2) is 8.34. The standard InChI is InChI=1S/C23H36Si/c1-8-10-11-15-24(22-14-12-13-21(22)9-2)23-19(6)17(4)16(3)18(5)20(23)7/h13-14,24H,8-12,15H2,1-7H3. The van der Waals surface area contributed by atoms with Crippen LogP contribution in [0.1, 0.15) is 73.8 Å². The van der Waals surface area contributed by atoms with E-state index in [4.69, 9.17) is 0 Å². The number of benzene rings is 1. The molecule has 1 aliphatic rings. The topological polar surface area (TPSA) is 0 Å². The van der Waals surface area contributed by atoms with Gasteiger partial charge < -0.3 is 0 Å². The van der Waals surface area contributed by atoms with Crippen LogP contribution in [0.4, 0.5) is 0 Å². The molecular weight excluding hydrogens is 304 g/mol. The molecule has 0 fully saturated rings. The molecule has 0 heterocycles. The van der Waals surface area contributed by atoms with Crippen LogP contribution in [0, 0.1) is 34.6 Å². The Labute approximate surface area is 151 Å². The number of hydrogen-bond donors (Lipinski definition) is 0. The van der Waals surface area contributed by atoms with Crippen molar-refractivity contribution in [2.24, 2.45) is 0 Å². The number of unbranched alkanes of at least 4 members (excludes halogenated alkanes) is 2. The molecule has 0 bridgehead atoms. The lowest BCUT2D eigenvalue weighted by Gasteiger charge is -2.27. The van der Waals surface area contributed by atoms with Crippen molar-refractivity contribution in [3.05, 3.63) is 50.7 Å². The molecule has 24 heavy (non-hydrogen) atoms. The monoisotopic (exact) mass is 340 g/mol. The third kappa shape index (κ3) is 3.61. The molecule has 0 N–H and O–H groups in total. The second-order valence-electron chi connectivity index (χ2n) is 7.57. The van der Waals surface area contributed by atoms with E-state index in [1.54, 1.807) is 27.1 Å². The molecule has 0 saturated heterocycles. The van der Waals surface area contributed by atoms with Gasteiger partial charge in [-0.3, -0.25) is 0 Å². The summed E-state index contributed by atoms with van der Waals surface area (Å²) in [5.74, 6) is 0. The molecule has 1 unspecified atom stereocenters. The predicted molar refractivity (Wildman–Crippen MR) is 112 cm³/mol. The van der Waals surface area contributed by atoms with Crippen molar-refractivity contribution in [2.75, 3.05) is 0 Å². The van der Waals surface area contributed by atoms with Crippen molar-refractivity contribution in [3.63, 3.8) is 0 Å². The van der Waals surface area contributed by atoms with Crippen LogP contribution in [0.15, 0.2) is 22.9 Å². The van der Waals surface area contributed by atoms with Crippen molar-refractivity contribution in [2.45, 2.75) is 86.6 Å². The highest BCUT2D eigenvalue weighted by molar-refractivity contribution is 6.81. The zero-order valence-corrected chi connectivity index (χ0v) is 18.1. The Morgan fingerprint density at radius 1 is 0.792 bits per heavy atom. The molecule has 0 saturated carbocycles. The Morgan fingerprint density at radius 3 is 1.92 bits per heavy atom. The first-order valence-corrected chi connectivity index (χ1v) is 11.9. The van der Waals surface area contributed by atoms with Gasteiger partial charge in [0, 0.05) is 0 Å². The lowest BCUT2D eigenvalue weighted by Crippen LogP contribution is -2.38. The maximum atomic E-state index is 2.56. The molecule has 0 aliphatic heterocycles. The van der Waals surface area contributed by atoms with E-state index in [-0.39, 0.29) is 0 Å². The highest BCUT2D eigenvalue weighted by Crippen LogP contribution is 2.30. The SMILES string of the molecule is CCCCC[SiH](C1=CCC=C1CC)c1c(C)c(C)c(C)c(C)c1C. The Morgan fingerprint density at radius 2 is 1.38 bits per heavy atom. The lowest BCUT2D eigenvalue weighted by molar-refractivity contribution is 0.767. The van der Waals surface area contributed by atoms with Gasteiger partial charge in [0.15, 0.2) is 0 Å². The van der Waals surface area contributed by atoms with E-state index in [2.05, 4.69) is 60.6 Å². The molecule has 2 rings (SSSR count). The number of allylic oxidation sites excluding steroid dienone is 4. The molecule has 0 amide bonds. The fourth-order valence-electron chi connectivity index (χ4n) is 4.40. The summed E-state index contributed by atoms with van der Waals surface area (Å²) in [7, 11) is -1.11. The van der Waals surface area contributed by atoms with Crippen molar-refractivity contribution in [3.8, 4) is 0 Å². The van der Waals surface area contributed by atoms with Gasteiger partial charge in [-0.25, -0.2) is 0 Å². The van der Waals surface area contributed by atoms with Crippen LogP contribution in [0.3, 0.4) is 0 Å². The average molecular weight is 341 g/mol. The largest absolute Gasteiger partial charge is 0.103 e. The first-order valence-electron chi connectivity index (χ1n) is 9.90. The van der Waals surface area contributed by atoms with E-state index in [0.717, 1.165) is 6.42 Å². The van der Waals surface area contributed by atoms with Crippen molar-refractivity contribution >= 4 is 14.0 Å². The summed E-state index contributed by atoms with van der Waals surface area (Å²) in [6, 6.07) is 1.43. The van der Waals surface area contributed by atoms with Crippen LogP contribution < -0.4 is 5.19 Å². The molecule has 1 aromatic carbocycles. The molecule has 1 heteroatoms. The van der Waals surface area contributed by atoms with Crippen LogP contribution >= 0.6 is 0 Å². The maximum absolute atomic E-state index is 2.56. The summed E-state index contributed by atoms with van der Waals surface area (Å²) in [6.07, 6.45) is 11.5. The Bertz CT molecular complexity index is 632. The van der Waals surface area contributed by atoms with E-state index >= 15 is 0 Å². The van der Waals surface area contributed by atoms with E-state index in [1.165, 1.54) is 48.4 Å². The molecule has 1 aliphatic carbocycles. The summed E-state index contributed by atoms with van der Waals surface area (Å²) >= 11 is 0. The third-order valence-electron chi connectivity index (χ3n) is 6.33. The summed E-state index contributed by atoms with van der Waals surface area (Å²) in [6.45, 7) is 16.4. The van der Waals surface area contributed by atoms with Crippen molar-refractivity contribution in [1.29, 1.82) is 0 Å². The van der Waals surface area contributed by atoms with Gasteiger partial charge in [0.2, 0.25) is 0 Å². The second-order valence-corrected chi connectivity index (χ2v) is 10.4. The average Bonchev–Trinajstić information content (AvgIpc) is 3.05. The molecule has 1 aromatic rings. The van der Waals surface area contributed by atoms with Crippen LogP contribution in [-0.2, 0) is 0 Å². The van der Waals surface area contributed by atoms with Gasteiger partial charge in [-0.1, -0.05) is 67.3 Å². The third-order valence-corrected chi connectivity index (χ3v) is 10.2. The summed E-state index contributed by atoms with van der Waals surface area (Å²) in [5.41, 5.74) is 9.39. The van der Waals surface area contributed by atoms with Gasteiger partial charge >= 0.3 is 0 Å². The minimum absolute atomic E-state index is 1.11. The summed E-state index contributed by atoms with van der Waals surface area (Å²) < 4.78 is 0. The molecule has 0 aromatic heterocycles. The first kappa shape index (κ1) is 19.2. The highest BCUT2D eigenvalue weighted by atomic mass is 28.3. The zero-order valence-electron chi connectivity index (χ0n) is 17.0. The molecular formula is C23H36Si. The van der Waals surface area contributed by atoms with Crippen molar-refractivity contribution in [1.82, 2.24) is 0 Å². The highest BCUT2D eigenvalue weighted by Gasteiger charge is 2.27. The van der Waals surface area contributed by atoms with E-state index < -0.39 is 8.80 Å². The lowest BCUT2D eigenvalue weighted by atomic mass is 9.95. The summed E-state index contributed by atoms with van der Waals surface area (Å²) in [5, 5.41) is 3.53. The molecule has 0 radical (unpaired) electrons. The van der Waals surface area contributed by atoms with E-state index in [9.17, 15) is 0 Å². The normalized spacial score (nSPS) is 15.5. The van der Waals surface area contributed by atoms with Crippen LogP contribution in [-0.4, -0.2) is 8.80 Å². The quantitative estimate of drug-likeness (QED) is 0.418. The van der Waals surface area contributed by atoms with E-state index in [1.807, 2.05) is 0 Å². The van der Waals surface area contributed by atoms with Crippen LogP contribution in [0.25, 0.3) is 0 Å². The fraction of sp³-hybridized carbons (Fsp3) is 0.565. The molecule has 0 spiro atoms. The fourth-order valence-corrected chi connectivity index (χ4v) is 8.67. The Balaban J connectivity index is 2.54. The van der Waals surface area contributed by atoms with Gasteiger partial charge in [-0.15, -0.1) is 0 Å². The van der Waals surface area contributed by atoms with Gasteiger partial charge in [0.25, 0.3) is 0 Å². The van der Waals surface area contributed by atoms with Crippen LogP contribution in [0.2, 0.25) is 6.04 Å². The maximum Gasteiger partial charge on any atom is 0.103 e. The number of hydrogen-bond acceptors (Lipinski definition) is 0. The number of rotatable bonds is 7. The summed E-state index contributed by atoms with van der Waals surface area (Å²) in [4.78, 5) is 0.